The average molecular weight is 429 g/mol. The Morgan fingerprint density at radius 1 is 1.30 bits per heavy atom. The molecule has 30 heavy (non-hydrogen) atoms. The number of nitro groups is 1. The summed E-state index contributed by atoms with van der Waals surface area (Å²) in [6.45, 7) is 3.77. The molecule has 9 heteroatoms. The smallest absolute Gasteiger partial charge is 0.270 e. The summed E-state index contributed by atoms with van der Waals surface area (Å²) in [6.07, 6.45) is 4.61. The predicted molar refractivity (Wildman–Crippen MR) is 117 cm³/mol. The number of benzene rings is 1. The number of thiophene rings is 1. The highest BCUT2D eigenvalue weighted by molar-refractivity contribution is 7.17. The van der Waals surface area contributed by atoms with Crippen LogP contribution in [0.4, 0.5) is 16.4 Å². The van der Waals surface area contributed by atoms with Crippen LogP contribution in [0, 0.1) is 16.0 Å². The molecule has 4 rings (SSSR count). The van der Waals surface area contributed by atoms with Crippen LogP contribution < -0.4 is 16.0 Å². The molecule has 2 amide bonds. The molecular weight excluding hydrogens is 404 g/mol. The fourth-order valence-electron chi connectivity index (χ4n) is 4.32. The molecular formula is C21H24N4O4S. The fourth-order valence-corrected chi connectivity index (χ4v) is 5.73. The first-order valence-corrected chi connectivity index (χ1v) is 11.0. The number of non-ortho nitro benzene ring substituents is 1. The summed E-state index contributed by atoms with van der Waals surface area (Å²) in [5.74, 6) is -0.509. The van der Waals surface area contributed by atoms with Gasteiger partial charge >= 0.3 is 0 Å². The third kappa shape index (κ3) is 3.77. The van der Waals surface area contributed by atoms with E-state index in [-0.39, 0.29) is 11.3 Å². The highest BCUT2D eigenvalue weighted by atomic mass is 32.1. The number of hydrogen-bond acceptors (Lipinski definition) is 6. The minimum Gasteiger partial charge on any atom is -0.371 e. The van der Waals surface area contributed by atoms with Crippen LogP contribution >= 0.6 is 11.3 Å². The summed E-state index contributed by atoms with van der Waals surface area (Å²) >= 11 is 1.39. The number of hydrogen-bond donors (Lipinski definition) is 2. The van der Waals surface area contributed by atoms with Crippen LogP contribution in [-0.4, -0.2) is 29.8 Å². The Hall–Kier alpha value is -2.94. The fraction of sp³-hybridized carbons (Fsp3) is 0.429. The Balaban J connectivity index is 1.71. The second-order valence-electron chi connectivity index (χ2n) is 8.03. The highest BCUT2D eigenvalue weighted by Crippen LogP contribution is 2.40. The lowest BCUT2D eigenvalue weighted by Crippen LogP contribution is -2.24. The number of nitrogens with two attached hydrogens (primary N) is 1. The Morgan fingerprint density at radius 3 is 2.70 bits per heavy atom. The van der Waals surface area contributed by atoms with Crippen molar-refractivity contribution in [1.29, 1.82) is 0 Å². The molecule has 1 aliphatic carbocycles. The summed E-state index contributed by atoms with van der Waals surface area (Å²) in [7, 11) is 0. The molecule has 0 unspecified atom stereocenters. The third-order valence-corrected chi connectivity index (χ3v) is 7.04. The van der Waals surface area contributed by atoms with Gasteiger partial charge in [0.25, 0.3) is 17.5 Å². The molecule has 3 N–H and O–H groups in total. The topological polar surface area (TPSA) is 119 Å². The van der Waals surface area contributed by atoms with Crippen LogP contribution in [0.15, 0.2) is 18.2 Å². The summed E-state index contributed by atoms with van der Waals surface area (Å²) in [5, 5.41) is 14.5. The van der Waals surface area contributed by atoms with E-state index in [0.717, 1.165) is 55.6 Å². The number of nitro benzene ring substituents is 1. The quantitative estimate of drug-likeness (QED) is 0.556. The Labute approximate surface area is 178 Å². The average Bonchev–Trinajstić information content (AvgIpc) is 3.34. The van der Waals surface area contributed by atoms with Gasteiger partial charge in [-0.2, -0.15) is 0 Å². The van der Waals surface area contributed by atoms with Crippen molar-refractivity contribution in [2.45, 2.75) is 39.0 Å². The summed E-state index contributed by atoms with van der Waals surface area (Å²) < 4.78 is 0. The van der Waals surface area contributed by atoms with Crippen molar-refractivity contribution in [1.82, 2.24) is 0 Å². The molecule has 0 saturated carbocycles. The van der Waals surface area contributed by atoms with Gasteiger partial charge in [-0.25, -0.2) is 0 Å². The van der Waals surface area contributed by atoms with Crippen LogP contribution in [0.25, 0.3) is 0 Å². The van der Waals surface area contributed by atoms with Crippen LogP contribution in [0.3, 0.4) is 0 Å². The molecule has 158 valence electrons. The van der Waals surface area contributed by atoms with E-state index < -0.39 is 16.7 Å². The Kier molecular flexibility index (Phi) is 5.46. The van der Waals surface area contributed by atoms with Gasteiger partial charge in [0.2, 0.25) is 0 Å². The van der Waals surface area contributed by atoms with E-state index in [0.29, 0.717) is 22.2 Å². The van der Waals surface area contributed by atoms with Crippen molar-refractivity contribution in [3.8, 4) is 0 Å². The van der Waals surface area contributed by atoms with Gasteiger partial charge in [-0.3, -0.25) is 19.7 Å². The Bertz CT molecular complexity index is 1030. The van der Waals surface area contributed by atoms with Gasteiger partial charge < -0.3 is 16.0 Å². The van der Waals surface area contributed by atoms with Crippen LogP contribution in [0.2, 0.25) is 0 Å². The molecule has 2 heterocycles. The third-order valence-electron chi connectivity index (χ3n) is 5.87. The molecule has 1 aromatic heterocycles. The summed E-state index contributed by atoms with van der Waals surface area (Å²) in [5.41, 5.74) is 7.72. The number of nitrogens with one attached hydrogen (secondary N) is 1. The number of anilines is 2. The van der Waals surface area contributed by atoms with Gasteiger partial charge in [0, 0.05) is 30.1 Å². The van der Waals surface area contributed by atoms with Gasteiger partial charge in [0.15, 0.2) is 0 Å². The molecule has 1 aliphatic heterocycles. The van der Waals surface area contributed by atoms with E-state index in [1.165, 1.54) is 23.5 Å². The van der Waals surface area contributed by atoms with E-state index in [4.69, 9.17) is 5.73 Å². The van der Waals surface area contributed by atoms with Gasteiger partial charge in [0.1, 0.15) is 5.00 Å². The highest BCUT2D eigenvalue weighted by Gasteiger charge is 2.29. The zero-order chi connectivity index (χ0) is 21.4. The molecule has 2 aliphatic rings. The van der Waals surface area contributed by atoms with Crippen LogP contribution in [0.5, 0.6) is 0 Å². The molecule has 1 saturated heterocycles. The molecule has 0 radical (unpaired) electrons. The van der Waals surface area contributed by atoms with Gasteiger partial charge in [0.05, 0.1) is 21.7 Å². The number of carbonyl (C=O) groups is 2. The molecule has 1 aromatic carbocycles. The predicted octanol–water partition coefficient (Wildman–Crippen LogP) is 3.73. The van der Waals surface area contributed by atoms with E-state index >= 15 is 0 Å². The number of nitrogens with zero attached hydrogens (tertiary/aromatic N) is 2. The van der Waals surface area contributed by atoms with Crippen molar-refractivity contribution in [2.75, 3.05) is 23.3 Å². The van der Waals surface area contributed by atoms with E-state index in [1.807, 2.05) is 0 Å². The number of carbonyl (C=O) groups excluding carboxylic acids is 2. The van der Waals surface area contributed by atoms with Crippen molar-refractivity contribution in [2.24, 2.45) is 11.7 Å². The monoisotopic (exact) mass is 428 g/mol. The summed E-state index contributed by atoms with van der Waals surface area (Å²) in [6, 6.07) is 4.36. The summed E-state index contributed by atoms with van der Waals surface area (Å²) in [4.78, 5) is 39.3. The minimum absolute atomic E-state index is 0.141. The normalized spacial score (nSPS) is 18.2. The van der Waals surface area contributed by atoms with Crippen LogP contribution in [0.1, 0.15) is 57.3 Å². The second-order valence-corrected chi connectivity index (χ2v) is 9.13. The number of rotatable bonds is 5. The van der Waals surface area contributed by atoms with Crippen molar-refractivity contribution in [3.05, 3.63) is 49.9 Å². The molecule has 8 nitrogen and oxygen atoms in total. The maximum Gasteiger partial charge on any atom is 0.270 e. The van der Waals surface area contributed by atoms with Gasteiger partial charge in [-0.1, -0.05) is 6.92 Å². The number of primary amides is 1. The number of fused-ring (bicyclic) bond motifs is 1. The zero-order valence-electron chi connectivity index (χ0n) is 16.8. The van der Waals surface area contributed by atoms with E-state index in [1.54, 1.807) is 6.07 Å². The lowest BCUT2D eigenvalue weighted by molar-refractivity contribution is -0.384. The number of amides is 2. The first-order valence-electron chi connectivity index (χ1n) is 10.1. The van der Waals surface area contributed by atoms with E-state index in [9.17, 15) is 19.7 Å². The van der Waals surface area contributed by atoms with Crippen LogP contribution in [-0.2, 0) is 12.8 Å². The van der Waals surface area contributed by atoms with Gasteiger partial charge in [-0.15, -0.1) is 11.3 Å². The SMILES string of the molecule is C[C@H]1CCc2c(sc(NC(=O)c3cc([N+](=O)[O-])ccc3N3CCCC3)c2C(N)=O)C1. The maximum absolute atomic E-state index is 13.2. The van der Waals surface area contributed by atoms with Crippen molar-refractivity contribution < 1.29 is 14.5 Å². The molecule has 1 fully saturated rings. The molecule has 0 bridgehead atoms. The van der Waals surface area contributed by atoms with E-state index in [2.05, 4.69) is 17.1 Å². The second kappa shape index (κ2) is 8.06. The zero-order valence-corrected chi connectivity index (χ0v) is 17.6. The lowest BCUT2D eigenvalue weighted by Gasteiger charge is -2.20. The maximum atomic E-state index is 13.2. The minimum atomic E-state index is -0.559. The Morgan fingerprint density at radius 2 is 2.03 bits per heavy atom. The van der Waals surface area contributed by atoms with Crippen molar-refractivity contribution in [3.63, 3.8) is 0 Å². The molecule has 2 aromatic rings. The van der Waals surface area contributed by atoms with Gasteiger partial charge in [-0.05, 0) is 49.7 Å². The standard InChI is InChI=1S/C21H24N4O4S/c1-12-4-6-14-17(10-12)30-21(18(14)19(22)26)23-20(27)15-11-13(25(28)29)5-7-16(15)24-8-2-3-9-24/h5,7,11-12H,2-4,6,8-10H2,1H3,(H2,22,26)(H,23,27)/t12-/m0/s1. The largest absolute Gasteiger partial charge is 0.371 e. The molecule has 0 spiro atoms. The van der Waals surface area contributed by atoms with Crippen molar-refractivity contribution >= 4 is 39.5 Å². The first-order chi connectivity index (χ1) is 14.3. The molecule has 1 atom stereocenters. The lowest BCUT2D eigenvalue weighted by atomic mass is 9.88. The first kappa shape index (κ1) is 20.3.